The molecule has 0 spiro atoms. The maximum Gasteiger partial charge on any atom is 0.394 e. The van der Waals surface area contributed by atoms with Crippen LogP contribution in [0.25, 0.3) is 27.7 Å². The van der Waals surface area contributed by atoms with Crippen molar-refractivity contribution in [2.45, 2.75) is 12.6 Å². The van der Waals surface area contributed by atoms with E-state index < -0.39 is 12.6 Å². The molecule has 3 aromatic heterocycles. The van der Waals surface area contributed by atoms with Crippen molar-refractivity contribution in [2.24, 2.45) is 0 Å². The third-order valence-corrected chi connectivity index (χ3v) is 4.32. The number of alkyl halides is 3. The Bertz CT molecular complexity index is 1050. The van der Waals surface area contributed by atoms with Gasteiger partial charge in [-0.2, -0.15) is 13.2 Å². The molecule has 0 radical (unpaired) electrons. The molecule has 122 valence electrons. The summed E-state index contributed by atoms with van der Waals surface area (Å²) in [5, 5.41) is 1.37. The minimum Gasteiger partial charge on any atom is -0.361 e. The molecule has 3 heterocycles. The number of fused-ring (bicyclic) bond motifs is 2. The Kier molecular flexibility index (Phi) is 3.31. The van der Waals surface area contributed by atoms with E-state index in [1.165, 1.54) is 10.6 Å². The predicted molar refractivity (Wildman–Crippen MR) is 87.3 cm³/mol. The molecule has 0 aliphatic heterocycles. The van der Waals surface area contributed by atoms with Gasteiger partial charge in [-0.15, -0.1) is 0 Å². The van der Waals surface area contributed by atoms with E-state index in [2.05, 4.69) is 9.97 Å². The number of imidazole rings is 1. The highest BCUT2D eigenvalue weighted by Crippen LogP contribution is 2.33. The quantitative estimate of drug-likeness (QED) is 0.527. The Balaban J connectivity index is 1.84. The Hall–Kier alpha value is -2.47. The third kappa shape index (κ3) is 2.53. The van der Waals surface area contributed by atoms with E-state index in [0.717, 1.165) is 22.0 Å². The van der Waals surface area contributed by atoms with Gasteiger partial charge in [0.15, 0.2) is 5.65 Å². The molecule has 1 aromatic carbocycles. The molecule has 0 unspecified atom stereocenters. The fourth-order valence-electron chi connectivity index (χ4n) is 2.85. The van der Waals surface area contributed by atoms with Gasteiger partial charge < -0.3 is 9.38 Å². The molecule has 0 bridgehead atoms. The highest BCUT2D eigenvalue weighted by Gasteiger charge is 2.29. The van der Waals surface area contributed by atoms with Crippen molar-refractivity contribution in [3.05, 3.63) is 59.6 Å². The maximum absolute atomic E-state index is 12.6. The van der Waals surface area contributed by atoms with E-state index in [-0.39, 0.29) is 5.69 Å². The van der Waals surface area contributed by atoms with Crippen molar-refractivity contribution in [3.63, 3.8) is 0 Å². The summed E-state index contributed by atoms with van der Waals surface area (Å²) in [5.41, 5.74) is 3.00. The first-order chi connectivity index (χ1) is 11.4. The topological polar surface area (TPSA) is 33.1 Å². The molecular weight excluding hydrogens is 339 g/mol. The lowest BCUT2D eigenvalue weighted by Crippen LogP contribution is -2.13. The monoisotopic (exact) mass is 349 g/mol. The lowest BCUT2D eigenvalue weighted by molar-refractivity contribution is -0.127. The summed E-state index contributed by atoms with van der Waals surface area (Å²) >= 11 is 6.41. The molecule has 0 aliphatic carbocycles. The first-order valence-corrected chi connectivity index (χ1v) is 7.59. The predicted octanol–water partition coefficient (Wildman–Crippen LogP) is 5.24. The molecule has 4 aromatic rings. The Morgan fingerprint density at radius 2 is 2.00 bits per heavy atom. The van der Waals surface area contributed by atoms with Crippen LogP contribution < -0.4 is 0 Å². The average molecular weight is 350 g/mol. The Labute approximate surface area is 139 Å². The lowest BCUT2D eigenvalue weighted by atomic mass is 10.1. The fourth-order valence-corrected chi connectivity index (χ4v) is 3.16. The zero-order chi connectivity index (χ0) is 16.9. The van der Waals surface area contributed by atoms with Crippen LogP contribution >= 0.6 is 11.6 Å². The number of benzene rings is 1. The van der Waals surface area contributed by atoms with Gasteiger partial charge in [0.25, 0.3) is 0 Å². The van der Waals surface area contributed by atoms with Gasteiger partial charge in [-0.1, -0.05) is 17.7 Å². The second-order valence-electron chi connectivity index (χ2n) is 5.56. The molecule has 1 N–H and O–H groups in total. The normalized spacial score (nSPS) is 12.3. The van der Waals surface area contributed by atoms with Crippen LogP contribution in [-0.2, 0) is 6.42 Å². The zero-order valence-corrected chi connectivity index (χ0v) is 13.0. The highest BCUT2D eigenvalue weighted by atomic mass is 35.5. The number of hydrogen-bond acceptors (Lipinski definition) is 1. The summed E-state index contributed by atoms with van der Waals surface area (Å²) in [5.74, 6) is 0. The number of nitrogens with one attached hydrogen (secondary N) is 1. The molecule has 0 saturated carbocycles. The SMILES string of the molecule is FC(F)(F)Cc1cnc2c(Cl)c(-c3ccc4[nH]ccc4c3)ccn12. The van der Waals surface area contributed by atoms with Crippen molar-refractivity contribution in [1.29, 1.82) is 0 Å². The van der Waals surface area contributed by atoms with E-state index in [0.29, 0.717) is 10.7 Å². The van der Waals surface area contributed by atoms with Gasteiger partial charge in [0.2, 0.25) is 0 Å². The van der Waals surface area contributed by atoms with Crippen molar-refractivity contribution in [2.75, 3.05) is 0 Å². The van der Waals surface area contributed by atoms with Gasteiger partial charge in [0.1, 0.15) is 0 Å². The van der Waals surface area contributed by atoms with Crippen LogP contribution in [0.3, 0.4) is 0 Å². The number of aromatic amines is 1. The van der Waals surface area contributed by atoms with Gasteiger partial charge in [0.05, 0.1) is 17.1 Å². The van der Waals surface area contributed by atoms with E-state index in [9.17, 15) is 13.2 Å². The van der Waals surface area contributed by atoms with Crippen molar-refractivity contribution >= 4 is 28.2 Å². The van der Waals surface area contributed by atoms with Gasteiger partial charge in [-0.25, -0.2) is 4.98 Å². The standard InChI is InChI=1S/C17H11ClF3N3/c18-15-13(10-1-2-14-11(7-10)3-5-22-14)4-6-24-12(8-17(19,20)21)9-23-16(15)24/h1-7,9,22H,8H2. The molecule has 0 saturated heterocycles. The smallest absolute Gasteiger partial charge is 0.361 e. The third-order valence-electron chi connectivity index (χ3n) is 3.94. The molecule has 7 heteroatoms. The number of nitrogens with zero attached hydrogens (tertiary/aromatic N) is 2. The molecular formula is C17H11ClF3N3. The minimum atomic E-state index is -4.29. The van der Waals surface area contributed by atoms with Crippen molar-refractivity contribution in [1.82, 2.24) is 14.4 Å². The number of rotatable bonds is 2. The summed E-state index contributed by atoms with van der Waals surface area (Å²) < 4.78 is 39.3. The molecule has 0 amide bonds. The summed E-state index contributed by atoms with van der Waals surface area (Å²) in [7, 11) is 0. The van der Waals surface area contributed by atoms with E-state index >= 15 is 0 Å². The largest absolute Gasteiger partial charge is 0.394 e. The second kappa shape index (κ2) is 5.27. The lowest BCUT2D eigenvalue weighted by Gasteiger charge is -2.09. The molecule has 0 aliphatic rings. The first kappa shape index (κ1) is 15.1. The molecule has 24 heavy (non-hydrogen) atoms. The van der Waals surface area contributed by atoms with Crippen LogP contribution in [-0.4, -0.2) is 20.5 Å². The highest BCUT2D eigenvalue weighted by molar-refractivity contribution is 6.36. The van der Waals surface area contributed by atoms with Gasteiger partial charge >= 0.3 is 6.18 Å². The van der Waals surface area contributed by atoms with Crippen LogP contribution in [0.15, 0.2) is 48.9 Å². The molecule has 0 atom stereocenters. The molecule has 4 rings (SSSR count). The second-order valence-corrected chi connectivity index (χ2v) is 5.94. The molecule has 0 fully saturated rings. The Morgan fingerprint density at radius 1 is 1.17 bits per heavy atom. The van der Waals surface area contributed by atoms with E-state index in [1.54, 1.807) is 12.3 Å². The van der Waals surface area contributed by atoms with E-state index in [4.69, 9.17) is 11.6 Å². The fraction of sp³-hybridized carbons (Fsp3) is 0.118. The van der Waals surface area contributed by atoms with Crippen LogP contribution in [0.1, 0.15) is 5.69 Å². The van der Waals surface area contributed by atoms with Gasteiger partial charge in [-0.05, 0) is 35.2 Å². The first-order valence-electron chi connectivity index (χ1n) is 7.21. The van der Waals surface area contributed by atoms with Crippen LogP contribution in [0.2, 0.25) is 5.02 Å². The summed E-state index contributed by atoms with van der Waals surface area (Å²) in [6.07, 6.45) is -0.698. The number of aromatic nitrogens is 3. The minimum absolute atomic E-state index is 0.0621. The van der Waals surface area contributed by atoms with Crippen molar-refractivity contribution in [3.8, 4) is 11.1 Å². The van der Waals surface area contributed by atoms with Crippen LogP contribution in [0, 0.1) is 0 Å². The summed E-state index contributed by atoms with van der Waals surface area (Å²) in [6, 6.07) is 9.48. The molecule has 3 nitrogen and oxygen atoms in total. The van der Waals surface area contributed by atoms with E-state index in [1.807, 2.05) is 30.5 Å². The summed E-state index contributed by atoms with van der Waals surface area (Å²) in [4.78, 5) is 7.18. The van der Waals surface area contributed by atoms with Gasteiger partial charge in [-0.3, -0.25) is 0 Å². The van der Waals surface area contributed by atoms with Crippen LogP contribution in [0.5, 0.6) is 0 Å². The number of H-pyrrole nitrogens is 1. The number of halogens is 4. The Morgan fingerprint density at radius 3 is 2.79 bits per heavy atom. The van der Waals surface area contributed by atoms with Gasteiger partial charge in [0, 0.05) is 29.7 Å². The number of pyridine rings is 1. The average Bonchev–Trinajstić information content (AvgIpc) is 3.13. The van der Waals surface area contributed by atoms with Crippen LogP contribution in [0.4, 0.5) is 13.2 Å². The zero-order valence-electron chi connectivity index (χ0n) is 12.2. The summed E-state index contributed by atoms with van der Waals surface area (Å²) in [6.45, 7) is 0. The maximum atomic E-state index is 12.6. The number of hydrogen-bond donors (Lipinski definition) is 1. The van der Waals surface area contributed by atoms with Crippen molar-refractivity contribution < 1.29 is 13.2 Å².